The van der Waals surface area contributed by atoms with Crippen molar-refractivity contribution in [3.05, 3.63) is 36.6 Å². The normalized spacial score (nSPS) is 19.3. The molecule has 0 saturated carbocycles. The van der Waals surface area contributed by atoms with E-state index >= 15 is 0 Å². The molecule has 2 amide bonds. The predicted octanol–water partition coefficient (Wildman–Crippen LogP) is 2.05. The molecule has 4 heteroatoms. The summed E-state index contributed by atoms with van der Waals surface area (Å²) in [6, 6.07) is -0.376. The molecule has 1 rings (SSSR count). The second kappa shape index (κ2) is 8.28. The van der Waals surface area contributed by atoms with Crippen LogP contribution in [0.2, 0.25) is 0 Å². The average Bonchev–Trinajstić information content (AvgIpc) is 2.35. The zero-order chi connectivity index (χ0) is 14.1. The highest BCUT2D eigenvalue weighted by Gasteiger charge is 2.25. The maximum absolute atomic E-state index is 11.4. The van der Waals surface area contributed by atoms with Gasteiger partial charge in [0.05, 0.1) is 0 Å². The number of hydrogen-bond donors (Lipinski definition) is 2. The first kappa shape index (κ1) is 16.2. The van der Waals surface area contributed by atoms with Gasteiger partial charge in [-0.3, -0.25) is 14.9 Å². The van der Waals surface area contributed by atoms with E-state index in [4.69, 9.17) is 0 Å². The number of carbonyl (C=O) groups excluding carboxylic acids is 2. The van der Waals surface area contributed by atoms with Crippen molar-refractivity contribution in [1.82, 2.24) is 10.6 Å². The third-order valence-electron chi connectivity index (χ3n) is 2.32. The molecule has 0 aromatic carbocycles. The minimum atomic E-state index is -0.376. The van der Waals surface area contributed by atoms with Gasteiger partial charge in [-0.05, 0) is 25.0 Å². The first-order valence-corrected chi connectivity index (χ1v) is 6.13. The third kappa shape index (κ3) is 5.48. The molecule has 1 aliphatic heterocycles. The second-order valence-corrected chi connectivity index (χ2v) is 3.77. The minimum absolute atomic E-state index is 0.216. The minimum Gasteiger partial charge on any atom is -0.374 e. The molecular formula is C14H22N2O2. The Morgan fingerprint density at radius 1 is 1.44 bits per heavy atom. The van der Waals surface area contributed by atoms with Crippen LogP contribution in [0.1, 0.15) is 33.6 Å². The molecule has 0 radical (unpaired) electrons. The highest BCUT2D eigenvalue weighted by atomic mass is 16.2. The number of nitrogens with one attached hydrogen (secondary N) is 2. The van der Waals surface area contributed by atoms with Crippen LogP contribution < -0.4 is 10.6 Å². The van der Waals surface area contributed by atoms with E-state index in [1.54, 1.807) is 12.2 Å². The maximum atomic E-state index is 11.4. The van der Waals surface area contributed by atoms with Gasteiger partial charge in [0.25, 0.3) is 0 Å². The summed E-state index contributed by atoms with van der Waals surface area (Å²) in [4.78, 5) is 22.3. The highest BCUT2D eigenvalue weighted by molar-refractivity contribution is 6.00. The van der Waals surface area contributed by atoms with E-state index in [1.165, 1.54) is 0 Å². The number of rotatable bonds is 4. The maximum Gasteiger partial charge on any atom is 0.249 e. The van der Waals surface area contributed by atoms with Gasteiger partial charge in [-0.2, -0.15) is 0 Å². The summed E-state index contributed by atoms with van der Waals surface area (Å²) in [6.45, 7) is 13.3. The van der Waals surface area contributed by atoms with Crippen molar-refractivity contribution in [3.8, 4) is 0 Å². The van der Waals surface area contributed by atoms with Crippen LogP contribution in [0.15, 0.2) is 36.6 Å². The van der Waals surface area contributed by atoms with Gasteiger partial charge in [-0.15, -0.1) is 0 Å². The van der Waals surface area contributed by atoms with Gasteiger partial charge in [-0.1, -0.05) is 33.1 Å². The number of hydrogen-bond acceptors (Lipinski definition) is 3. The van der Waals surface area contributed by atoms with Crippen LogP contribution >= 0.6 is 0 Å². The first-order valence-electron chi connectivity index (χ1n) is 6.13. The van der Waals surface area contributed by atoms with Crippen molar-refractivity contribution in [1.29, 1.82) is 0 Å². The molecule has 18 heavy (non-hydrogen) atoms. The standard InChI is InChI=1S/C12H16N2O2.C2H6/c1-4-8(2)7-9(3)13-10-5-6-11(15)14-12(10)16;1-2/h4,7,10,13H,1,3,5-6H2,2H3,(H,14,15,16);1-2H3/b8-7-;. The molecule has 1 fully saturated rings. The van der Waals surface area contributed by atoms with Gasteiger partial charge < -0.3 is 5.32 Å². The Bertz CT molecular complexity index is 370. The number of imide groups is 1. The highest BCUT2D eigenvalue weighted by Crippen LogP contribution is 2.07. The van der Waals surface area contributed by atoms with Crippen molar-refractivity contribution in [2.24, 2.45) is 0 Å². The van der Waals surface area contributed by atoms with E-state index < -0.39 is 0 Å². The third-order valence-corrected chi connectivity index (χ3v) is 2.32. The fourth-order valence-electron chi connectivity index (χ4n) is 1.43. The SMILES string of the molecule is C=C/C(C)=C\C(=C)NC1CCC(=O)NC1=O.CC. The summed E-state index contributed by atoms with van der Waals surface area (Å²) in [5.41, 5.74) is 1.61. The molecule has 1 heterocycles. The smallest absolute Gasteiger partial charge is 0.249 e. The van der Waals surface area contributed by atoms with Crippen LogP contribution in [0, 0.1) is 0 Å². The summed E-state index contributed by atoms with van der Waals surface area (Å²) in [6.07, 6.45) is 4.37. The Morgan fingerprint density at radius 3 is 2.56 bits per heavy atom. The van der Waals surface area contributed by atoms with Gasteiger partial charge in [0.15, 0.2) is 0 Å². The van der Waals surface area contributed by atoms with Gasteiger partial charge in [0.2, 0.25) is 11.8 Å². The monoisotopic (exact) mass is 250 g/mol. The fourth-order valence-corrected chi connectivity index (χ4v) is 1.43. The lowest BCUT2D eigenvalue weighted by Gasteiger charge is -2.22. The molecule has 4 nitrogen and oxygen atoms in total. The zero-order valence-corrected chi connectivity index (χ0v) is 11.4. The van der Waals surface area contributed by atoms with Gasteiger partial charge in [-0.25, -0.2) is 0 Å². The molecule has 1 atom stereocenters. The number of piperidine rings is 1. The van der Waals surface area contributed by atoms with Crippen LogP contribution in [0.4, 0.5) is 0 Å². The topological polar surface area (TPSA) is 58.2 Å². The summed E-state index contributed by atoms with van der Waals surface area (Å²) >= 11 is 0. The molecule has 0 aliphatic carbocycles. The van der Waals surface area contributed by atoms with Crippen molar-refractivity contribution in [2.45, 2.75) is 39.7 Å². The molecule has 0 spiro atoms. The summed E-state index contributed by atoms with van der Waals surface area (Å²) in [5, 5.41) is 5.25. The molecule has 1 saturated heterocycles. The molecule has 2 N–H and O–H groups in total. The second-order valence-electron chi connectivity index (χ2n) is 3.77. The fraction of sp³-hybridized carbons (Fsp3) is 0.429. The Kier molecular flexibility index (Phi) is 7.43. The summed E-state index contributed by atoms with van der Waals surface area (Å²) in [5.74, 6) is -0.506. The van der Waals surface area contributed by atoms with Gasteiger partial charge >= 0.3 is 0 Å². The van der Waals surface area contributed by atoms with Crippen LogP contribution in [0.25, 0.3) is 0 Å². The first-order chi connectivity index (χ1) is 8.52. The Labute approximate surface area is 109 Å². The van der Waals surface area contributed by atoms with E-state index in [0.717, 1.165) is 5.57 Å². The number of carbonyl (C=O) groups is 2. The molecule has 1 aliphatic rings. The van der Waals surface area contributed by atoms with E-state index in [9.17, 15) is 9.59 Å². The molecule has 0 aromatic heterocycles. The lowest BCUT2D eigenvalue weighted by atomic mass is 10.1. The van der Waals surface area contributed by atoms with E-state index in [-0.39, 0.29) is 17.9 Å². The summed E-state index contributed by atoms with van der Waals surface area (Å²) in [7, 11) is 0. The van der Waals surface area contributed by atoms with Crippen molar-refractivity contribution >= 4 is 11.8 Å². The predicted molar refractivity (Wildman–Crippen MR) is 73.7 cm³/mol. The lowest BCUT2D eigenvalue weighted by molar-refractivity contribution is -0.134. The van der Waals surface area contributed by atoms with Crippen LogP contribution in [-0.2, 0) is 9.59 Å². The Hall–Kier alpha value is -1.84. The molecule has 100 valence electrons. The average molecular weight is 250 g/mol. The van der Waals surface area contributed by atoms with Crippen LogP contribution in [-0.4, -0.2) is 17.9 Å². The van der Waals surface area contributed by atoms with Crippen LogP contribution in [0.3, 0.4) is 0 Å². The Balaban J connectivity index is 0.00000137. The van der Waals surface area contributed by atoms with E-state index in [1.807, 2.05) is 20.8 Å². The van der Waals surface area contributed by atoms with E-state index in [2.05, 4.69) is 23.8 Å². The molecule has 0 bridgehead atoms. The lowest BCUT2D eigenvalue weighted by Crippen LogP contribution is -2.50. The number of allylic oxidation sites excluding steroid dienone is 3. The van der Waals surface area contributed by atoms with E-state index in [0.29, 0.717) is 18.5 Å². The molecule has 1 unspecified atom stereocenters. The largest absolute Gasteiger partial charge is 0.374 e. The summed E-state index contributed by atoms with van der Waals surface area (Å²) < 4.78 is 0. The molecular weight excluding hydrogens is 228 g/mol. The van der Waals surface area contributed by atoms with Crippen LogP contribution in [0.5, 0.6) is 0 Å². The van der Waals surface area contributed by atoms with Crippen molar-refractivity contribution < 1.29 is 9.59 Å². The Morgan fingerprint density at radius 2 is 2.06 bits per heavy atom. The number of amides is 2. The van der Waals surface area contributed by atoms with Gasteiger partial charge in [0.1, 0.15) is 6.04 Å². The quantitative estimate of drug-likeness (QED) is 0.593. The molecule has 0 aromatic rings. The van der Waals surface area contributed by atoms with Gasteiger partial charge in [0, 0.05) is 12.1 Å². The van der Waals surface area contributed by atoms with Crippen molar-refractivity contribution in [3.63, 3.8) is 0 Å². The van der Waals surface area contributed by atoms with Crippen molar-refractivity contribution in [2.75, 3.05) is 0 Å². The zero-order valence-electron chi connectivity index (χ0n) is 11.4.